The second-order valence-corrected chi connectivity index (χ2v) is 7.18. The number of hydrogen-bond acceptors (Lipinski definition) is 2. The average Bonchev–Trinajstić information content (AvgIpc) is 2.67. The topological polar surface area (TPSA) is 56.6 Å². The number of aromatic nitrogens is 1. The predicted octanol–water partition coefficient (Wildman–Crippen LogP) is 5.27. The Hall–Kier alpha value is -3.14. The van der Waals surface area contributed by atoms with E-state index in [2.05, 4.69) is 11.1 Å². The van der Waals surface area contributed by atoms with Crippen LogP contribution in [0.25, 0.3) is 10.9 Å². The number of nitrogens with zero attached hydrogens (tertiary/aromatic N) is 1. The first-order valence-corrected chi connectivity index (χ1v) is 9.01. The van der Waals surface area contributed by atoms with Crippen LogP contribution in [0.4, 0.5) is 17.6 Å². The molecule has 0 bridgehead atoms. The highest BCUT2D eigenvalue weighted by Gasteiger charge is 2.36. The number of aromatic amines is 1. The predicted molar refractivity (Wildman–Crippen MR) is 102 cm³/mol. The van der Waals surface area contributed by atoms with Crippen molar-refractivity contribution in [3.63, 3.8) is 0 Å². The SMILES string of the molecule is CCc1cc2ccc(C(C)(C#N)Cc3cccc(C(F)(F)F)c3F)cc2[nH]c1=O. The molecule has 3 nitrogen and oxygen atoms in total. The summed E-state index contributed by atoms with van der Waals surface area (Å²) in [4.78, 5) is 14.8. The van der Waals surface area contributed by atoms with Crippen LogP contribution in [0.2, 0.25) is 0 Å². The Kier molecular flexibility index (Phi) is 5.22. The van der Waals surface area contributed by atoms with Crippen LogP contribution >= 0.6 is 0 Å². The van der Waals surface area contributed by atoms with E-state index in [-0.39, 0.29) is 17.5 Å². The number of benzene rings is 2. The summed E-state index contributed by atoms with van der Waals surface area (Å²) in [6.45, 7) is 3.40. The van der Waals surface area contributed by atoms with Crippen LogP contribution < -0.4 is 5.56 Å². The van der Waals surface area contributed by atoms with Gasteiger partial charge in [0.05, 0.1) is 17.0 Å². The van der Waals surface area contributed by atoms with Crippen LogP contribution in [0, 0.1) is 17.1 Å². The molecule has 1 N–H and O–H groups in total. The molecule has 1 unspecified atom stereocenters. The van der Waals surface area contributed by atoms with Gasteiger partial charge in [-0.3, -0.25) is 4.79 Å². The number of nitrogens with one attached hydrogen (secondary N) is 1. The molecule has 1 heterocycles. The molecule has 0 saturated carbocycles. The van der Waals surface area contributed by atoms with Gasteiger partial charge in [-0.15, -0.1) is 0 Å². The first kappa shape index (κ1) is 20.6. The third-order valence-corrected chi connectivity index (χ3v) is 5.12. The van der Waals surface area contributed by atoms with Gasteiger partial charge in [0.1, 0.15) is 5.82 Å². The molecule has 150 valence electrons. The molecule has 0 aliphatic heterocycles. The van der Waals surface area contributed by atoms with E-state index in [4.69, 9.17) is 0 Å². The number of pyridine rings is 1. The number of nitriles is 1. The Morgan fingerprint density at radius 3 is 2.45 bits per heavy atom. The largest absolute Gasteiger partial charge is 0.419 e. The van der Waals surface area contributed by atoms with E-state index in [1.54, 1.807) is 24.3 Å². The second kappa shape index (κ2) is 7.36. The standard InChI is InChI=1S/C22H18F4N2O/c1-3-13-9-14-7-8-16(10-18(14)28-20(13)29)21(2,12-27)11-15-5-4-6-17(19(15)23)22(24,25)26/h4-10H,3,11H2,1-2H3,(H,28,29). The maximum absolute atomic E-state index is 14.5. The van der Waals surface area contributed by atoms with Gasteiger partial charge in [-0.25, -0.2) is 4.39 Å². The van der Waals surface area contributed by atoms with Crippen LogP contribution in [-0.4, -0.2) is 4.98 Å². The third-order valence-electron chi connectivity index (χ3n) is 5.12. The molecule has 1 atom stereocenters. The number of H-pyrrole nitrogens is 1. The molecule has 3 aromatic rings. The lowest BCUT2D eigenvalue weighted by Crippen LogP contribution is -2.24. The molecule has 3 rings (SSSR count). The van der Waals surface area contributed by atoms with Gasteiger partial charge < -0.3 is 4.98 Å². The Morgan fingerprint density at radius 1 is 1.10 bits per heavy atom. The first-order chi connectivity index (χ1) is 13.6. The van der Waals surface area contributed by atoms with E-state index in [1.807, 2.05) is 6.92 Å². The molecular formula is C22H18F4N2O. The quantitative estimate of drug-likeness (QED) is 0.604. The van der Waals surface area contributed by atoms with Crippen molar-refractivity contribution < 1.29 is 17.6 Å². The number of hydrogen-bond donors (Lipinski definition) is 1. The van der Waals surface area contributed by atoms with Crippen molar-refractivity contribution in [2.45, 2.75) is 38.3 Å². The van der Waals surface area contributed by atoms with Crippen molar-refractivity contribution in [1.29, 1.82) is 5.26 Å². The molecular weight excluding hydrogens is 384 g/mol. The summed E-state index contributed by atoms with van der Waals surface area (Å²) in [6, 6.07) is 11.9. The minimum Gasteiger partial charge on any atom is -0.322 e. The van der Waals surface area contributed by atoms with Gasteiger partial charge in [0.25, 0.3) is 5.56 Å². The summed E-state index contributed by atoms with van der Waals surface area (Å²) in [5, 5.41) is 10.5. The number of halogens is 4. The van der Waals surface area contributed by atoms with Crippen LogP contribution in [-0.2, 0) is 24.4 Å². The van der Waals surface area contributed by atoms with Crippen molar-refractivity contribution in [1.82, 2.24) is 4.98 Å². The highest BCUT2D eigenvalue weighted by Crippen LogP contribution is 2.35. The van der Waals surface area contributed by atoms with Gasteiger partial charge in [0.15, 0.2) is 0 Å². The van der Waals surface area contributed by atoms with E-state index in [9.17, 15) is 27.6 Å². The van der Waals surface area contributed by atoms with Gasteiger partial charge in [0, 0.05) is 11.1 Å². The number of aryl methyl sites for hydroxylation is 1. The van der Waals surface area contributed by atoms with E-state index in [1.165, 1.54) is 13.0 Å². The summed E-state index contributed by atoms with van der Waals surface area (Å²) in [5.74, 6) is -1.37. The summed E-state index contributed by atoms with van der Waals surface area (Å²) < 4.78 is 53.5. The van der Waals surface area contributed by atoms with Crippen molar-refractivity contribution in [2.75, 3.05) is 0 Å². The van der Waals surface area contributed by atoms with E-state index in [0.717, 1.165) is 11.5 Å². The van der Waals surface area contributed by atoms with Gasteiger partial charge in [-0.05, 0) is 54.5 Å². The molecule has 0 radical (unpaired) electrons. The molecule has 7 heteroatoms. The molecule has 0 fully saturated rings. The molecule has 0 aliphatic rings. The molecule has 29 heavy (non-hydrogen) atoms. The van der Waals surface area contributed by atoms with Crippen molar-refractivity contribution in [2.24, 2.45) is 0 Å². The van der Waals surface area contributed by atoms with Crippen molar-refractivity contribution >= 4 is 10.9 Å². The first-order valence-electron chi connectivity index (χ1n) is 9.01. The smallest absolute Gasteiger partial charge is 0.322 e. The average molecular weight is 402 g/mol. The van der Waals surface area contributed by atoms with Crippen LogP contribution in [0.5, 0.6) is 0 Å². The highest BCUT2D eigenvalue weighted by atomic mass is 19.4. The van der Waals surface area contributed by atoms with Gasteiger partial charge in [-0.2, -0.15) is 18.4 Å². The summed E-state index contributed by atoms with van der Waals surface area (Å²) >= 11 is 0. The Labute approximate surface area is 164 Å². The highest BCUT2D eigenvalue weighted by molar-refractivity contribution is 5.80. The van der Waals surface area contributed by atoms with E-state index >= 15 is 0 Å². The van der Waals surface area contributed by atoms with E-state index < -0.39 is 23.0 Å². The number of alkyl halides is 3. The van der Waals surface area contributed by atoms with E-state index in [0.29, 0.717) is 29.1 Å². The van der Waals surface area contributed by atoms with Crippen LogP contribution in [0.3, 0.4) is 0 Å². The third kappa shape index (κ3) is 3.88. The minimum absolute atomic E-state index is 0.196. The maximum Gasteiger partial charge on any atom is 0.419 e. The van der Waals surface area contributed by atoms with Crippen molar-refractivity contribution in [3.05, 3.63) is 80.9 Å². The summed E-state index contributed by atoms with van der Waals surface area (Å²) in [6.07, 6.45) is -4.50. The fourth-order valence-corrected chi connectivity index (χ4v) is 3.37. The fourth-order valence-electron chi connectivity index (χ4n) is 3.37. The number of rotatable bonds is 4. The maximum atomic E-state index is 14.5. The Bertz CT molecular complexity index is 1170. The molecule has 1 aromatic heterocycles. The van der Waals surface area contributed by atoms with Crippen LogP contribution in [0.15, 0.2) is 47.3 Å². The Balaban J connectivity index is 2.07. The lowest BCUT2D eigenvalue weighted by Gasteiger charge is -2.24. The Morgan fingerprint density at radius 2 is 1.83 bits per heavy atom. The zero-order valence-electron chi connectivity index (χ0n) is 15.8. The molecule has 0 spiro atoms. The van der Waals surface area contributed by atoms with Gasteiger partial charge in [0.2, 0.25) is 0 Å². The second-order valence-electron chi connectivity index (χ2n) is 7.18. The zero-order valence-corrected chi connectivity index (χ0v) is 15.8. The normalized spacial score (nSPS) is 13.8. The fraction of sp³-hybridized carbons (Fsp3) is 0.273. The van der Waals surface area contributed by atoms with Gasteiger partial charge >= 0.3 is 6.18 Å². The van der Waals surface area contributed by atoms with Crippen molar-refractivity contribution in [3.8, 4) is 6.07 Å². The van der Waals surface area contributed by atoms with Gasteiger partial charge in [-0.1, -0.05) is 31.2 Å². The van der Waals surface area contributed by atoms with Crippen LogP contribution in [0.1, 0.15) is 36.1 Å². The summed E-state index contributed by atoms with van der Waals surface area (Å²) in [5.41, 5.74) is -1.47. The monoisotopic (exact) mass is 402 g/mol. The molecule has 2 aromatic carbocycles. The minimum atomic E-state index is -4.82. The lowest BCUT2D eigenvalue weighted by atomic mass is 9.78. The lowest BCUT2D eigenvalue weighted by molar-refractivity contribution is -0.140. The number of fused-ring (bicyclic) bond motifs is 1. The molecule has 0 aliphatic carbocycles. The molecule has 0 amide bonds. The summed E-state index contributed by atoms with van der Waals surface area (Å²) in [7, 11) is 0. The zero-order chi connectivity index (χ0) is 21.4. The molecule has 0 saturated heterocycles.